The Kier molecular flexibility index (Phi) is 31.2. The van der Waals surface area contributed by atoms with Gasteiger partial charge in [-0.2, -0.15) is 18.3 Å². The van der Waals surface area contributed by atoms with Crippen molar-refractivity contribution in [3.63, 3.8) is 0 Å². The lowest BCUT2D eigenvalue weighted by Crippen LogP contribution is -2.20. The highest BCUT2D eigenvalue weighted by Crippen LogP contribution is 2.39. The molecule has 0 fully saturated rings. The fraction of sp³-hybridized carbons (Fsp3) is 0.103. The highest BCUT2D eigenvalue weighted by Gasteiger charge is 2.32. The molecule has 0 unspecified atom stereocenters. The molecule has 6 N–H and O–H groups in total. The Hall–Kier alpha value is -18.9. The van der Waals surface area contributed by atoms with E-state index in [0.29, 0.717) is 50.5 Å². The van der Waals surface area contributed by atoms with E-state index in [4.69, 9.17) is 4.74 Å². The zero-order chi connectivity index (χ0) is 105. The van der Waals surface area contributed by atoms with Gasteiger partial charge in [-0.25, -0.2) is 0 Å². The molecule has 21 rings (SSSR count). The van der Waals surface area contributed by atoms with Crippen LogP contribution >= 0.6 is 0 Å². The van der Waals surface area contributed by atoms with Crippen molar-refractivity contribution in [2.75, 3.05) is 52.7 Å². The number of H-pyrrole nitrogens is 1. The van der Waals surface area contributed by atoms with Crippen LogP contribution in [-0.4, -0.2) is 91.2 Å². The number of carbonyl (C=O) groups excluding carboxylic acids is 6. The first-order chi connectivity index (χ1) is 71.9. The van der Waals surface area contributed by atoms with Crippen LogP contribution in [0.3, 0.4) is 0 Å². The van der Waals surface area contributed by atoms with Crippen LogP contribution in [0.4, 0.5) is 47.3 Å². The molecule has 0 aliphatic carbocycles. The maximum atomic E-state index is 13.5. The summed E-state index contributed by atoms with van der Waals surface area (Å²) in [4.78, 5) is 97.4. The van der Waals surface area contributed by atoms with Gasteiger partial charge in [-0.1, -0.05) is 146 Å². The fourth-order valence-electron chi connectivity index (χ4n) is 17.6. The molecule has 738 valence electrons. The molecule has 0 saturated carbocycles. The van der Waals surface area contributed by atoms with Crippen LogP contribution in [0.25, 0.3) is 121 Å². The van der Waals surface area contributed by atoms with E-state index in [1.54, 1.807) is 116 Å². The number of alkyl halides is 3. The van der Waals surface area contributed by atoms with Crippen molar-refractivity contribution in [3.05, 3.63) is 468 Å². The molecular formula is C126H106F3N13O7. The molecule has 20 nitrogen and oxygen atoms in total. The van der Waals surface area contributed by atoms with Crippen LogP contribution in [0, 0.1) is 48.5 Å². The number of benzene rings is 15. The number of anilines is 6. The molecular weight excluding hydrogens is 1860 g/mol. The molecule has 6 heterocycles. The molecule has 0 atom stereocenters. The number of ketones is 1. The fourth-order valence-corrected chi connectivity index (χ4v) is 17.6. The first-order valence-corrected chi connectivity index (χ1v) is 48.3. The number of hydrogen-bond acceptors (Lipinski definition) is 13. The van der Waals surface area contributed by atoms with Gasteiger partial charge in [-0.05, 0) is 371 Å². The number of ether oxygens (including phenoxy) is 1. The van der Waals surface area contributed by atoms with Gasteiger partial charge in [0.25, 0.3) is 23.6 Å². The normalized spacial score (nSPS) is 10.9. The SMILES string of the molecule is CC(=O)c1cccc(C(=O)Nc2ccc(C)c(-c3ccc4ccncc4c3)c2)c1.COc1cccc(C(=O)Nc2ccc(C)c(-c3ccc4ccncc4c3)c2)c1.Cc1cc(C)n(CC(=O)Nc2ccc(C)c(-c3ccc4ccncc4c3)c2)n1.Cc1ccc(NC(=O)c2cc(C(F)(F)F)ccc2-c2ccccc2)cc1-c1ccc2ccncc2c1.Cc1ccc(NC(=O)c2cccc(N(C)C)c2)cc1-c1ccc2[nH]ccc2c1. The smallest absolute Gasteiger partial charge is 0.416 e. The van der Waals surface area contributed by atoms with Gasteiger partial charge in [0.05, 0.1) is 18.4 Å². The van der Waals surface area contributed by atoms with Crippen molar-refractivity contribution in [2.45, 2.75) is 68.1 Å². The lowest BCUT2D eigenvalue weighted by Gasteiger charge is -2.15. The van der Waals surface area contributed by atoms with E-state index in [9.17, 15) is 41.9 Å². The molecule has 0 aliphatic rings. The Labute approximate surface area is 860 Å². The van der Waals surface area contributed by atoms with Crippen molar-refractivity contribution in [3.8, 4) is 72.5 Å². The third kappa shape index (κ3) is 25.1. The number of halogens is 3. The summed E-state index contributed by atoms with van der Waals surface area (Å²) in [6.07, 6.45) is 11.9. The number of nitrogens with zero attached hydrogens (tertiary/aromatic N) is 7. The number of hydrogen-bond donors (Lipinski definition) is 6. The predicted octanol–water partition coefficient (Wildman–Crippen LogP) is 29.4. The standard InChI is InChI=1S/C30H21F3N2O.C25H20N2O2.C24H23N3O.C24H20N2O2.C23H22N4O/c1-19-7-11-25(17-27(19)22-9-8-20-13-14-34-18-23(20)15-22)35-29(36)28-16-24(30(31,32)33)10-12-26(28)21-5-3-2-4-6-21;1-16-6-9-23(27-25(29)21-5-3-4-19(12-21)17(2)28)14-24(16)20-8-7-18-10-11-26-15-22(18)13-20;1-16-7-9-20(26-24(28)19-5-4-6-21(14-19)27(2)3)15-22(16)17-8-10-23-18(13-17)11-12-25-23;1-16-6-9-21(26-24(27)19-4-3-5-22(13-19)28-2)14-23(16)18-8-7-17-10-11-25-15-20(17)12-18;1-15-4-7-21(25-23(28)14-27-17(3)10-16(2)26-27)12-22(15)19-6-5-18-8-9-24-13-20(18)11-19/h2-18H,1H3,(H,35,36);3-15H,1-2H3,(H,27,29);4-15,25H,1-3H3,(H,26,28);3-15H,1-2H3,(H,26,27);4-13H,14H2,1-3H3,(H,25,28). The Balaban J connectivity index is 0.000000127. The molecule has 23 heteroatoms. The highest BCUT2D eigenvalue weighted by molar-refractivity contribution is 6.11. The summed E-state index contributed by atoms with van der Waals surface area (Å²) in [6.45, 7) is 15.8. The van der Waals surface area contributed by atoms with E-state index in [-0.39, 0.29) is 41.5 Å². The summed E-state index contributed by atoms with van der Waals surface area (Å²) in [5, 5.41) is 29.0. The quantitative estimate of drug-likeness (QED) is 0.0388. The van der Waals surface area contributed by atoms with Crippen LogP contribution in [0.2, 0.25) is 0 Å². The van der Waals surface area contributed by atoms with Crippen molar-refractivity contribution >= 4 is 123 Å². The largest absolute Gasteiger partial charge is 0.497 e. The second kappa shape index (κ2) is 45.8. The molecule has 0 radical (unpaired) electrons. The Morgan fingerprint density at radius 1 is 0.342 bits per heavy atom. The van der Waals surface area contributed by atoms with Crippen LogP contribution < -0.4 is 36.2 Å². The van der Waals surface area contributed by atoms with E-state index >= 15 is 0 Å². The molecule has 0 spiro atoms. The van der Waals surface area contributed by atoms with Gasteiger partial charge in [-0.15, -0.1) is 0 Å². The van der Waals surface area contributed by atoms with Gasteiger partial charge < -0.3 is 41.2 Å². The topological polar surface area (TPSA) is 260 Å². The number of carbonyl (C=O) groups is 6. The zero-order valence-corrected chi connectivity index (χ0v) is 83.9. The molecule has 0 aliphatic heterocycles. The summed E-state index contributed by atoms with van der Waals surface area (Å²) in [5.41, 5.74) is 26.0. The summed E-state index contributed by atoms with van der Waals surface area (Å²) in [6, 6.07) is 106. The highest BCUT2D eigenvalue weighted by atomic mass is 19.4. The molecule has 149 heavy (non-hydrogen) atoms. The van der Waals surface area contributed by atoms with E-state index in [1.165, 1.54) is 23.9 Å². The number of fused-ring (bicyclic) bond motifs is 5. The number of nitrogens with one attached hydrogen (secondary N) is 6. The predicted molar refractivity (Wildman–Crippen MR) is 595 cm³/mol. The lowest BCUT2D eigenvalue weighted by atomic mass is 9.96. The van der Waals surface area contributed by atoms with Gasteiger partial charge in [0, 0.05) is 165 Å². The maximum absolute atomic E-state index is 13.5. The summed E-state index contributed by atoms with van der Waals surface area (Å²) >= 11 is 0. The second-order valence-electron chi connectivity index (χ2n) is 36.6. The number of aromatic amines is 1. The molecule has 0 bridgehead atoms. The van der Waals surface area contributed by atoms with Crippen molar-refractivity contribution in [2.24, 2.45) is 0 Å². The van der Waals surface area contributed by atoms with E-state index in [0.717, 1.165) is 173 Å². The van der Waals surface area contributed by atoms with E-state index in [1.807, 2.05) is 241 Å². The van der Waals surface area contributed by atoms with Crippen LogP contribution in [-0.2, 0) is 17.5 Å². The number of aromatic nitrogens is 7. The third-order valence-corrected chi connectivity index (χ3v) is 25.7. The lowest BCUT2D eigenvalue weighted by molar-refractivity contribution is -0.137. The Morgan fingerprint density at radius 3 is 1.14 bits per heavy atom. The number of methoxy groups -OCH3 is 1. The molecule has 21 aromatic rings. The molecule has 5 amide bonds. The third-order valence-electron chi connectivity index (χ3n) is 25.7. The Morgan fingerprint density at radius 2 is 0.732 bits per heavy atom. The maximum Gasteiger partial charge on any atom is 0.416 e. The average molecular weight is 1970 g/mol. The number of Topliss-reactive ketones (excluding diaryl/α,β-unsaturated/α-hetero) is 1. The monoisotopic (exact) mass is 1970 g/mol. The van der Waals surface area contributed by atoms with Crippen LogP contribution in [0.5, 0.6) is 5.75 Å². The van der Waals surface area contributed by atoms with Gasteiger partial charge in [-0.3, -0.25) is 53.4 Å². The van der Waals surface area contributed by atoms with Gasteiger partial charge in [0.2, 0.25) is 5.91 Å². The van der Waals surface area contributed by atoms with Crippen LogP contribution in [0.15, 0.2) is 395 Å². The van der Waals surface area contributed by atoms with E-state index < -0.39 is 17.6 Å². The molecule has 6 aromatic heterocycles. The summed E-state index contributed by atoms with van der Waals surface area (Å²) in [7, 11) is 5.51. The summed E-state index contributed by atoms with van der Waals surface area (Å²) in [5.74, 6) is -0.645. The minimum absolute atomic E-state index is 0.0464. The summed E-state index contributed by atoms with van der Waals surface area (Å²) < 4.78 is 47.3. The van der Waals surface area contributed by atoms with Crippen molar-refractivity contribution < 1.29 is 46.7 Å². The van der Waals surface area contributed by atoms with Gasteiger partial charge in [0.1, 0.15) is 12.3 Å². The molecule has 0 saturated heterocycles. The second-order valence-corrected chi connectivity index (χ2v) is 36.6. The minimum atomic E-state index is -4.56. The van der Waals surface area contributed by atoms with Gasteiger partial charge >= 0.3 is 6.18 Å². The van der Waals surface area contributed by atoms with E-state index in [2.05, 4.69) is 156 Å². The number of amides is 5. The number of rotatable bonds is 20. The number of aryl methyl sites for hydroxylation is 7. The zero-order valence-electron chi connectivity index (χ0n) is 83.9. The molecule has 15 aromatic carbocycles. The van der Waals surface area contributed by atoms with Crippen molar-refractivity contribution in [1.29, 1.82) is 0 Å². The Bertz CT molecular complexity index is 8630. The van der Waals surface area contributed by atoms with Crippen LogP contribution in [0.1, 0.15) is 103 Å². The van der Waals surface area contributed by atoms with Gasteiger partial charge in [0.15, 0.2) is 5.78 Å². The number of pyridine rings is 4. The first kappa shape index (κ1) is 102. The minimum Gasteiger partial charge on any atom is -0.497 e. The van der Waals surface area contributed by atoms with Crippen molar-refractivity contribution in [1.82, 2.24) is 34.7 Å². The first-order valence-electron chi connectivity index (χ1n) is 48.3. The average Bonchev–Trinajstić information content (AvgIpc) is 1.47.